The molecule has 2 N–H and O–H groups in total. The fourth-order valence-corrected chi connectivity index (χ4v) is 5.29. The summed E-state index contributed by atoms with van der Waals surface area (Å²) in [5.41, 5.74) is 2.86. The molecule has 248 valence electrons. The average Bonchev–Trinajstić information content (AvgIpc) is 3.06. The predicted octanol–water partition coefficient (Wildman–Crippen LogP) is 4.39. The minimum absolute atomic E-state index is 0.0162. The van der Waals surface area contributed by atoms with Gasteiger partial charge in [-0.1, -0.05) is 30.3 Å². The second kappa shape index (κ2) is 17.9. The van der Waals surface area contributed by atoms with Crippen LogP contribution in [-0.4, -0.2) is 91.3 Å². The summed E-state index contributed by atoms with van der Waals surface area (Å²) in [4.78, 5) is 33.0. The minimum Gasteiger partial charge on any atom is -0.496 e. The van der Waals surface area contributed by atoms with Crippen molar-refractivity contribution in [1.29, 1.82) is 0 Å². The molecule has 1 aliphatic heterocycles. The number of carboxylic acid groups (broad SMARTS) is 1. The Bertz CT molecular complexity index is 1400. The quantitative estimate of drug-likeness (QED) is 0.205. The minimum atomic E-state index is -0.959. The highest BCUT2D eigenvalue weighted by Gasteiger charge is 2.33. The molecule has 0 bridgehead atoms. The van der Waals surface area contributed by atoms with Crippen molar-refractivity contribution in [2.24, 2.45) is 0 Å². The van der Waals surface area contributed by atoms with Crippen LogP contribution in [0.4, 0.5) is 4.79 Å². The number of carbonyl (C=O) groups excluding carboxylic acids is 1. The standard InChI is InChI=1S/C34H44N4O8/c1-24-36-21-27(13-15-35-25(2)39)33(37-24)46-20-19-45-32-22-38(34(40)41)16-14-30(32)26-9-11-29(12-10-26)44-18-6-17-43-23-28-7-4-5-8-31(28)42-3/h4-5,7-12,21,30,32H,6,13-20,22-23H2,1-3H3,(H,35,39)(H,40,41). The summed E-state index contributed by atoms with van der Waals surface area (Å²) in [5.74, 6) is 2.52. The van der Waals surface area contributed by atoms with Gasteiger partial charge in [-0.25, -0.2) is 9.78 Å². The molecule has 4 rings (SSSR count). The van der Waals surface area contributed by atoms with Crippen LogP contribution < -0.4 is 19.5 Å². The van der Waals surface area contributed by atoms with Crippen LogP contribution in [0.15, 0.2) is 54.7 Å². The molecule has 0 spiro atoms. The largest absolute Gasteiger partial charge is 0.496 e. The van der Waals surface area contributed by atoms with Crippen LogP contribution >= 0.6 is 0 Å². The molecule has 2 aromatic carbocycles. The number of hydrogen-bond donors (Lipinski definition) is 2. The van der Waals surface area contributed by atoms with E-state index in [1.54, 1.807) is 20.2 Å². The molecule has 2 amide bonds. The molecule has 12 nitrogen and oxygen atoms in total. The Morgan fingerprint density at radius 2 is 1.83 bits per heavy atom. The third kappa shape index (κ3) is 10.6. The zero-order chi connectivity index (χ0) is 32.7. The first-order chi connectivity index (χ1) is 22.3. The number of methoxy groups -OCH3 is 1. The molecule has 12 heteroatoms. The van der Waals surface area contributed by atoms with Crippen molar-refractivity contribution in [2.75, 3.05) is 53.2 Å². The monoisotopic (exact) mass is 636 g/mol. The number of amides is 2. The topological polar surface area (TPSA) is 142 Å². The molecule has 0 aliphatic carbocycles. The van der Waals surface area contributed by atoms with Crippen LogP contribution in [0.3, 0.4) is 0 Å². The molecule has 2 unspecified atom stereocenters. The Balaban J connectivity index is 1.25. The van der Waals surface area contributed by atoms with Crippen molar-refractivity contribution >= 4 is 12.0 Å². The summed E-state index contributed by atoms with van der Waals surface area (Å²) in [6.07, 6.45) is 2.32. The van der Waals surface area contributed by atoms with E-state index in [9.17, 15) is 14.7 Å². The summed E-state index contributed by atoms with van der Waals surface area (Å²) < 4.78 is 29.2. The van der Waals surface area contributed by atoms with E-state index >= 15 is 0 Å². The molecule has 1 fully saturated rings. The van der Waals surface area contributed by atoms with Gasteiger partial charge in [-0.3, -0.25) is 4.79 Å². The average molecular weight is 637 g/mol. The number of aryl methyl sites for hydroxylation is 1. The van der Waals surface area contributed by atoms with Crippen molar-refractivity contribution in [3.8, 4) is 17.4 Å². The predicted molar refractivity (Wildman–Crippen MR) is 171 cm³/mol. The molecule has 46 heavy (non-hydrogen) atoms. The normalized spacial score (nSPS) is 16.1. The Hall–Kier alpha value is -4.42. The third-order valence-electron chi connectivity index (χ3n) is 7.66. The van der Waals surface area contributed by atoms with Crippen molar-refractivity contribution in [2.45, 2.75) is 51.7 Å². The third-order valence-corrected chi connectivity index (χ3v) is 7.66. The summed E-state index contributed by atoms with van der Waals surface area (Å²) in [5, 5.41) is 12.4. The van der Waals surface area contributed by atoms with E-state index in [-0.39, 0.29) is 37.7 Å². The maximum atomic E-state index is 11.7. The van der Waals surface area contributed by atoms with E-state index in [4.69, 9.17) is 23.7 Å². The lowest BCUT2D eigenvalue weighted by Gasteiger charge is -2.37. The first-order valence-electron chi connectivity index (χ1n) is 15.6. The van der Waals surface area contributed by atoms with Gasteiger partial charge < -0.3 is 39.0 Å². The van der Waals surface area contributed by atoms with Gasteiger partial charge in [0, 0.05) is 49.7 Å². The highest BCUT2D eigenvalue weighted by atomic mass is 16.5. The van der Waals surface area contributed by atoms with E-state index in [0.29, 0.717) is 57.5 Å². The number of nitrogens with zero attached hydrogens (tertiary/aromatic N) is 3. The number of nitrogens with one attached hydrogen (secondary N) is 1. The van der Waals surface area contributed by atoms with E-state index in [1.165, 1.54) is 11.8 Å². The molecule has 3 aromatic rings. The lowest BCUT2D eigenvalue weighted by molar-refractivity contribution is -0.118. The van der Waals surface area contributed by atoms with Crippen LogP contribution in [0.1, 0.15) is 48.2 Å². The van der Waals surface area contributed by atoms with Gasteiger partial charge in [0.05, 0.1) is 46.2 Å². The summed E-state index contributed by atoms with van der Waals surface area (Å²) in [7, 11) is 1.65. The second-order valence-corrected chi connectivity index (χ2v) is 11.0. The van der Waals surface area contributed by atoms with Crippen LogP contribution in [0.2, 0.25) is 0 Å². The first-order valence-corrected chi connectivity index (χ1v) is 15.6. The Morgan fingerprint density at radius 3 is 2.59 bits per heavy atom. The van der Waals surface area contributed by atoms with Gasteiger partial charge in [-0.05, 0) is 43.5 Å². The number of rotatable bonds is 17. The number of piperidine rings is 1. The highest BCUT2D eigenvalue weighted by molar-refractivity contribution is 5.72. The summed E-state index contributed by atoms with van der Waals surface area (Å²) in [6.45, 7) is 6.45. The van der Waals surface area contributed by atoms with E-state index in [1.807, 2.05) is 48.5 Å². The van der Waals surface area contributed by atoms with Crippen LogP contribution in [-0.2, 0) is 27.3 Å². The lowest BCUT2D eigenvalue weighted by atomic mass is 9.87. The number of benzene rings is 2. The number of hydrogen-bond acceptors (Lipinski definition) is 9. The smallest absolute Gasteiger partial charge is 0.407 e. The molecule has 2 heterocycles. The summed E-state index contributed by atoms with van der Waals surface area (Å²) in [6, 6.07) is 15.7. The van der Waals surface area contributed by atoms with Crippen molar-refractivity contribution in [1.82, 2.24) is 20.2 Å². The molecule has 1 saturated heterocycles. The van der Waals surface area contributed by atoms with Gasteiger partial charge in [0.1, 0.15) is 23.9 Å². The van der Waals surface area contributed by atoms with Gasteiger partial charge >= 0.3 is 6.09 Å². The number of ether oxygens (including phenoxy) is 5. The van der Waals surface area contributed by atoms with Crippen LogP contribution in [0.5, 0.6) is 17.4 Å². The molecule has 1 aliphatic rings. The Morgan fingerprint density at radius 1 is 1.02 bits per heavy atom. The number of carbonyl (C=O) groups is 2. The zero-order valence-corrected chi connectivity index (χ0v) is 26.8. The maximum Gasteiger partial charge on any atom is 0.407 e. The summed E-state index contributed by atoms with van der Waals surface area (Å²) >= 11 is 0. The number of aromatic nitrogens is 2. The van der Waals surface area contributed by atoms with Crippen molar-refractivity contribution in [3.63, 3.8) is 0 Å². The zero-order valence-electron chi connectivity index (χ0n) is 26.8. The van der Waals surface area contributed by atoms with E-state index in [0.717, 1.165) is 34.6 Å². The van der Waals surface area contributed by atoms with Crippen LogP contribution in [0, 0.1) is 6.92 Å². The van der Waals surface area contributed by atoms with Gasteiger partial charge in [0.15, 0.2) is 0 Å². The molecular weight excluding hydrogens is 592 g/mol. The highest BCUT2D eigenvalue weighted by Crippen LogP contribution is 2.32. The molecule has 2 atom stereocenters. The van der Waals surface area contributed by atoms with Gasteiger partial charge in [-0.15, -0.1) is 0 Å². The number of likely N-dealkylation sites (tertiary alicyclic amines) is 1. The second-order valence-electron chi connectivity index (χ2n) is 11.0. The SMILES string of the molecule is COc1ccccc1COCCCOc1ccc(C2CCN(C(=O)O)CC2OCCOc2nc(C)ncc2CCNC(C)=O)cc1. The van der Waals surface area contributed by atoms with E-state index in [2.05, 4.69) is 15.3 Å². The fourth-order valence-electron chi connectivity index (χ4n) is 5.29. The van der Waals surface area contributed by atoms with Gasteiger partial charge in [-0.2, -0.15) is 4.98 Å². The first kappa shape index (κ1) is 34.5. The Labute approximate surface area is 270 Å². The molecule has 0 radical (unpaired) electrons. The fraction of sp³-hybridized carbons (Fsp3) is 0.471. The maximum absolute atomic E-state index is 11.7. The van der Waals surface area contributed by atoms with Crippen LogP contribution in [0.25, 0.3) is 0 Å². The van der Waals surface area contributed by atoms with Crippen molar-refractivity contribution in [3.05, 3.63) is 77.2 Å². The lowest BCUT2D eigenvalue weighted by Crippen LogP contribution is -2.46. The van der Waals surface area contributed by atoms with E-state index < -0.39 is 6.09 Å². The van der Waals surface area contributed by atoms with Crippen molar-refractivity contribution < 1.29 is 38.4 Å². The number of para-hydroxylation sites is 1. The van der Waals surface area contributed by atoms with Gasteiger partial charge in [0.25, 0.3) is 0 Å². The Kier molecular flexibility index (Phi) is 13.4. The molecule has 1 aromatic heterocycles. The molecular formula is C34H44N4O8. The van der Waals surface area contributed by atoms with Gasteiger partial charge in [0.2, 0.25) is 11.8 Å². The molecule has 0 saturated carbocycles.